The van der Waals surface area contributed by atoms with Gasteiger partial charge in [-0.05, 0) is 61.7 Å². The van der Waals surface area contributed by atoms with Crippen molar-refractivity contribution in [3.8, 4) is 5.75 Å². The quantitative estimate of drug-likeness (QED) is 0.792. The van der Waals surface area contributed by atoms with E-state index in [1.807, 2.05) is 24.3 Å². The molecule has 0 radical (unpaired) electrons. The minimum Gasteiger partial charge on any atom is -0.494 e. The first kappa shape index (κ1) is 15.8. The third-order valence-electron chi connectivity index (χ3n) is 3.26. The van der Waals surface area contributed by atoms with Gasteiger partial charge >= 0.3 is 0 Å². The van der Waals surface area contributed by atoms with E-state index in [0.29, 0.717) is 11.0 Å². The summed E-state index contributed by atoms with van der Waals surface area (Å²) in [5.41, 5.74) is 0.840. The molecule has 0 heterocycles. The number of amides is 1. The molecule has 0 saturated heterocycles. The lowest BCUT2D eigenvalue weighted by atomic mass is 10.1. The molecule has 21 heavy (non-hydrogen) atoms. The van der Waals surface area contributed by atoms with E-state index < -0.39 is 0 Å². The third-order valence-corrected chi connectivity index (χ3v) is 3.47. The lowest BCUT2D eigenvalue weighted by Gasteiger charge is -2.11. The van der Waals surface area contributed by atoms with Crippen LogP contribution in [0.1, 0.15) is 33.1 Å². The lowest BCUT2D eigenvalue weighted by molar-refractivity contribution is -0.120. The van der Waals surface area contributed by atoms with Crippen LogP contribution in [0, 0.1) is 11.8 Å². The van der Waals surface area contributed by atoms with Crippen molar-refractivity contribution in [3.63, 3.8) is 0 Å². The number of carbonyl (C=O) groups excluding carboxylic acids is 1. The van der Waals surface area contributed by atoms with Crippen molar-refractivity contribution in [3.05, 3.63) is 24.3 Å². The number of nitrogens with one attached hydrogen (secondary N) is 2. The van der Waals surface area contributed by atoms with Crippen LogP contribution in [-0.2, 0) is 4.79 Å². The molecule has 4 nitrogen and oxygen atoms in total. The number of carbonyl (C=O) groups is 1. The Morgan fingerprint density at radius 1 is 1.33 bits per heavy atom. The van der Waals surface area contributed by atoms with Gasteiger partial charge in [-0.1, -0.05) is 13.8 Å². The Balaban J connectivity index is 1.75. The number of thiocarbonyl (C=S) groups is 1. The molecule has 1 fully saturated rings. The second kappa shape index (κ2) is 7.41. The maximum absolute atomic E-state index is 11.6. The predicted molar refractivity (Wildman–Crippen MR) is 88.5 cm³/mol. The molecule has 1 aliphatic carbocycles. The van der Waals surface area contributed by atoms with Gasteiger partial charge in [-0.2, -0.15) is 0 Å². The fourth-order valence-electron chi connectivity index (χ4n) is 1.77. The maximum Gasteiger partial charge on any atom is 0.229 e. The van der Waals surface area contributed by atoms with Crippen LogP contribution in [0.3, 0.4) is 0 Å². The molecular formula is C16H22N2O2S. The molecule has 1 amide bonds. The van der Waals surface area contributed by atoms with Crippen molar-refractivity contribution in [1.82, 2.24) is 5.32 Å². The maximum atomic E-state index is 11.6. The van der Waals surface area contributed by atoms with Crippen LogP contribution >= 0.6 is 12.2 Å². The van der Waals surface area contributed by atoms with Crippen LogP contribution in [-0.4, -0.2) is 17.6 Å². The number of anilines is 1. The number of hydrogen-bond acceptors (Lipinski definition) is 3. The Labute approximate surface area is 131 Å². The summed E-state index contributed by atoms with van der Waals surface area (Å²) in [5.74, 6) is 1.65. The number of hydrogen-bond donors (Lipinski definition) is 2. The fourth-order valence-corrected chi connectivity index (χ4v) is 1.99. The molecule has 1 aliphatic rings. The van der Waals surface area contributed by atoms with Gasteiger partial charge in [-0.15, -0.1) is 0 Å². The normalized spacial score (nSPS) is 13.9. The molecule has 2 N–H and O–H groups in total. The van der Waals surface area contributed by atoms with E-state index >= 15 is 0 Å². The van der Waals surface area contributed by atoms with Crippen LogP contribution in [0.25, 0.3) is 0 Å². The summed E-state index contributed by atoms with van der Waals surface area (Å²) < 4.78 is 5.65. The highest BCUT2D eigenvalue weighted by Gasteiger charge is 2.29. The van der Waals surface area contributed by atoms with Crippen molar-refractivity contribution < 1.29 is 9.53 Å². The number of benzene rings is 1. The molecule has 0 atom stereocenters. The van der Waals surface area contributed by atoms with Crippen molar-refractivity contribution in [1.29, 1.82) is 0 Å². The van der Waals surface area contributed by atoms with Gasteiger partial charge < -0.3 is 15.4 Å². The van der Waals surface area contributed by atoms with Crippen LogP contribution in [0.5, 0.6) is 5.75 Å². The van der Waals surface area contributed by atoms with E-state index in [9.17, 15) is 4.79 Å². The van der Waals surface area contributed by atoms with Crippen LogP contribution in [0.15, 0.2) is 24.3 Å². The van der Waals surface area contributed by atoms with Gasteiger partial charge in [0.25, 0.3) is 0 Å². The Bertz CT molecular complexity index is 496. The molecule has 1 saturated carbocycles. The summed E-state index contributed by atoms with van der Waals surface area (Å²) in [5, 5.41) is 6.05. The molecule has 0 aromatic heterocycles. The van der Waals surface area contributed by atoms with E-state index in [1.54, 1.807) is 0 Å². The molecular weight excluding hydrogens is 284 g/mol. The molecule has 1 aromatic rings. The molecule has 114 valence electrons. The average Bonchev–Trinajstić information content (AvgIpc) is 3.24. The fraction of sp³-hybridized carbons (Fsp3) is 0.500. The minimum absolute atomic E-state index is 0.0149. The molecule has 0 aliphatic heterocycles. The average molecular weight is 306 g/mol. The predicted octanol–water partition coefficient (Wildman–Crippen LogP) is 3.33. The first-order valence-electron chi connectivity index (χ1n) is 7.39. The summed E-state index contributed by atoms with van der Waals surface area (Å²) in [4.78, 5) is 11.6. The van der Waals surface area contributed by atoms with Gasteiger partial charge in [0.1, 0.15) is 5.75 Å². The topological polar surface area (TPSA) is 50.4 Å². The van der Waals surface area contributed by atoms with E-state index in [-0.39, 0.29) is 11.8 Å². The molecule has 1 aromatic carbocycles. The second-order valence-electron chi connectivity index (χ2n) is 5.77. The Kier molecular flexibility index (Phi) is 5.56. The zero-order valence-electron chi connectivity index (χ0n) is 12.5. The Hall–Kier alpha value is -1.62. The standard InChI is InChI=1S/C16H22N2O2S/c1-11(2)9-10-20-14-7-5-13(6-8-14)17-16(21)18-15(19)12-3-4-12/h5-8,11-12H,3-4,9-10H2,1-2H3,(H2,17,18,19,21). The van der Waals surface area contributed by atoms with Gasteiger partial charge in [0.05, 0.1) is 6.61 Å². The van der Waals surface area contributed by atoms with E-state index in [4.69, 9.17) is 17.0 Å². The van der Waals surface area contributed by atoms with Gasteiger partial charge in [-0.25, -0.2) is 0 Å². The Morgan fingerprint density at radius 3 is 2.57 bits per heavy atom. The first-order valence-corrected chi connectivity index (χ1v) is 7.80. The molecule has 5 heteroatoms. The highest BCUT2D eigenvalue weighted by atomic mass is 32.1. The van der Waals surface area contributed by atoms with E-state index in [1.165, 1.54) is 0 Å². The second-order valence-corrected chi connectivity index (χ2v) is 6.18. The summed E-state index contributed by atoms with van der Waals surface area (Å²) in [6, 6.07) is 7.57. The van der Waals surface area contributed by atoms with Crippen molar-refractivity contribution >= 4 is 28.9 Å². The van der Waals surface area contributed by atoms with Gasteiger partial charge in [0.2, 0.25) is 5.91 Å². The monoisotopic (exact) mass is 306 g/mol. The smallest absolute Gasteiger partial charge is 0.229 e. The van der Waals surface area contributed by atoms with Crippen molar-refractivity contribution in [2.45, 2.75) is 33.1 Å². The van der Waals surface area contributed by atoms with Gasteiger partial charge in [0, 0.05) is 11.6 Å². The van der Waals surface area contributed by atoms with E-state index in [2.05, 4.69) is 24.5 Å². The summed E-state index contributed by atoms with van der Waals surface area (Å²) in [6.45, 7) is 5.07. The zero-order valence-corrected chi connectivity index (χ0v) is 13.3. The van der Waals surface area contributed by atoms with Crippen molar-refractivity contribution in [2.24, 2.45) is 11.8 Å². The zero-order chi connectivity index (χ0) is 15.2. The first-order chi connectivity index (χ1) is 10.0. The summed E-state index contributed by atoms with van der Waals surface area (Å²) in [6.07, 6.45) is 2.98. The third kappa shape index (κ3) is 5.71. The van der Waals surface area contributed by atoms with Gasteiger partial charge in [0.15, 0.2) is 5.11 Å². The van der Waals surface area contributed by atoms with E-state index in [0.717, 1.165) is 37.3 Å². The summed E-state index contributed by atoms with van der Waals surface area (Å²) >= 11 is 5.12. The minimum atomic E-state index is 0.0149. The van der Waals surface area contributed by atoms with Crippen LogP contribution in [0.2, 0.25) is 0 Å². The number of ether oxygens (including phenoxy) is 1. The lowest BCUT2D eigenvalue weighted by Crippen LogP contribution is -2.35. The van der Waals surface area contributed by atoms with Crippen molar-refractivity contribution in [2.75, 3.05) is 11.9 Å². The highest BCUT2D eigenvalue weighted by Crippen LogP contribution is 2.28. The number of rotatable bonds is 6. The Morgan fingerprint density at radius 2 is 2.00 bits per heavy atom. The van der Waals surface area contributed by atoms with Crippen LogP contribution < -0.4 is 15.4 Å². The SMILES string of the molecule is CC(C)CCOc1ccc(NC(=S)NC(=O)C2CC2)cc1. The molecule has 0 spiro atoms. The largest absolute Gasteiger partial charge is 0.494 e. The van der Waals surface area contributed by atoms with Gasteiger partial charge in [-0.3, -0.25) is 4.79 Å². The summed E-state index contributed by atoms with van der Waals surface area (Å²) in [7, 11) is 0. The molecule has 0 unspecified atom stereocenters. The highest BCUT2D eigenvalue weighted by molar-refractivity contribution is 7.80. The molecule has 2 rings (SSSR count). The van der Waals surface area contributed by atoms with Crippen LogP contribution in [0.4, 0.5) is 5.69 Å². The molecule has 0 bridgehead atoms.